The Morgan fingerprint density at radius 1 is 1.57 bits per heavy atom. The minimum Gasteiger partial charge on any atom is -0.379 e. The monoisotopic (exact) mass is 198 g/mol. The average molecular weight is 198 g/mol. The molecule has 1 aliphatic carbocycles. The van der Waals surface area contributed by atoms with Crippen LogP contribution in [0.5, 0.6) is 0 Å². The topological polar surface area (TPSA) is 47.3 Å². The molecule has 2 aliphatic rings. The third-order valence-corrected chi connectivity index (χ3v) is 3.48. The van der Waals surface area contributed by atoms with E-state index in [9.17, 15) is 0 Å². The van der Waals surface area contributed by atoms with E-state index in [2.05, 4.69) is 12.2 Å². The molecule has 1 saturated carbocycles. The molecular formula is C11H22N2O. The van der Waals surface area contributed by atoms with Crippen molar-refractivity contribution in [1.82, 2.24) is 5.32 Å². The number of nitrogens with two attached hydrogens (primary N) is 1. The van der Waals surface area contributed by atoms with Gasteiger partial charge in [0.1, 0.15) is 0 Å². The number of hydrogen-bond acceptors (Lipinski definition) is 3. The lowest BCUT2D eigenvalue weighted by atomic mass is 10.0. The molecule has 0 amide bonds. The highest BCUT2D eigenvalue weighted by Crippen LogP contribution is 2.32. The first-order chi connectivity index (χ1) is 6.70. The SMILES string of the molecule is CC1(NCCC(N)C2CC2)CCOC1. The number of rotatable bonds is 5. The molecule has 1 saturated heterocycles. The Kier molecular flexibility index (Phi) is 3.10. The van der Waals surface area contributed by atoms with E-state index in [0.717, 1.165) is 38.5 Å². The largest absolute Gasteiger partial charge is 0.379 e. The van der Waals surface area contributed by atoms with Crippen molar-refractivity contribution in [3.63, 3.8) is 0 Å². The van der Waals surface area contributed by atoms with Crippen molar-refractivity contribution < 1.29 is 4.74 Å². The van der Waals surface area contributed by atoms with Gasteiger partial charge in [0, 0.05) is 18.2 Å². The van der Waals surface area contributed by atoms with Gasteiger partial charge in [0.25, 0.3) is 0 Å². The number of nitrogens with one attached hydrogen (secondary N) is 1. The molecule has 1 heterocycles. The van der Waals surface area contributed by atoms with Gasteiger partial charge in [0.15, 0.2) is 0 Å². The van der Waals surface area contributed by atoms with E-state index in [1.165, 1.54) is 12.8 Å². The average Bonchev–Trinajstić information content (AvgIpc) is 2.91. The summed E-state index contributed by atoms with van der Waals surface area (Å²) in [6.07, 6.45) is 4.94. The lowest BCUT2D eigenvalue weighted by Gasteiger charge is -2.24. The van der Waals surface area contributed by atoms with Gasteiger partial charge in [-0.05, 0) is 45.1 Å². The Morgan fingerprint density at radius 2 is 2.36 bits per heavy atom. The van der Waals surface area contributed by atoms with Crippen LogP contribution in [0.4, 0.5) is 0 Å². The summed E-state index contributed by atoms with van der Waals surface area (Å²) >= 11 is 0. The Bertz CT molecular complexity index is 186. The van der Waals surface area contributed by atoms with Crippen LogP contribution in [0.1, 0.15) is 32.6 Å². The molecule has 2 fully saturated rings. The van der Waals surface area contributed by atoms with E-state index in [-0.39, 0.29) is 5.54 Å². The van der Waals surface area contributed by atoms with Crippen molar-refractivity contribution in [3.05, 3.63) is 0 Å². The fraction of sp³-hybridized carbons (Fsp3) is 1.00. The molecule has 0 aromatic heterocycles. The second-order valence-electron chi connectivity index (χ2n) is 5.08. The van der Waals surface area contributed by atoms with Gasteiger partial charge < -0.3 is 15.8 Å². The summed E-state index contributed by atoms with van der Waals surface area (Å²) in [4.78, 5) is 0. The van der Waals surface area contributed by atoms with E-state index >= 15 is 0 Å². The van der Waals surface area contributed by atoms with E-state index in [4.69, 9.17) is 10.5 Å². The van der Waals surface area contributed by atoms with Crippen molar-refractivity contribution in [3.8, 4) is 0 Å². The Morgan fingerprint density at radius 3 is 2.93 bits per heavy atom. The minimum absolute atomic E-state index is 0.212. The standard InChI is InChI=1S/C11H22N2O/c1-11(5-7-14-8-11)13-6-4-10(12)9-2-3-9/h9-10,13H,2-8,12H2,1H3. The van der Waals surface area contributed by atoms with Gasteiger partial charge in [-0.2, -0.15) is 0 Å². The van der Waals surface area contributed by atoms with Gasteiger partial charge in [-0.3, -0.25) is 0 Å². The van der Waals surface area contributed by atoms with Crippen LogP contribution >= 0.6 is 0 Å². The van der Waals surface area contributed by atoms with Crippen molar-refractivity contribution >= 4 is 0 Å². The van der Waals surface area contributed by atoms with Crippen LogP contribution in [-0.4, -0.2) is 31.3 Å². The summed E-state index contributed by atoms with van der Waals surface area (Å²) in [6, 6.07) is 0.424. The molecule has 0 aromatic rings. The highest BCUT2D eigenvalue weighted by Gasteiger charge is 2.31. The van der Waals surface area contributed by atoms with Crippen molar-refractivity contribution in [2.75, 3.05) is 19.8 Å². The zero-order chi connectivity index (χ0) is 10.0. The van der Waals surface area contributed by atoms with E-state index in [0.29, 0.717) is 6.04 Å². The second-order valence-corrected chi connectivity index (χ2v) is 5.08. The van der Waals surface area contributed by atoms with Gasteiger partial charge >= 0.3 is 0 Å². The summed E-state index contributed by atoms with van der Waals surface area (Å²) in [5, 5.41) is 3.57. The first-order valence-electron chi connectivity index (χ1n) is 5.78. The van der Waals surface area contributed by atoms with E-state index in [1.807, 2.05) is 0 Å². The van der Waals surface area contributed by atoms with Gasteiger partial charge in [-0.15, -0.1) is 0 Å². The lowest BCUT2D eigenvalue weighted by molar-refractivity contribution is 0.171. The zero-order valence-corrected chi connectivity index (χ0v) is 9.09. The summed E-state index contributed by atoms with van der Waals surface area (Å²) < 4.78 is 5.38. The number of ether oxygens (including phenoxy) is 1. The Balaban J connectivity index is 1.61. The third kappa shape index (κ3) is 2.69. The molecule has 82 valence electrons. The summed E-state index contributed by atoms with van der Waals surface area (Å²) in [5.41, 5.74) is 6.25. The van der Waals surface area contributed by atoms with E-state index < -0.39 is 0 Å². The van der Waals surface area contributed by atoms with Gasteiger partial charge in [-0.1, -0.05) is 0 Å². The maximum Gasteiger partial charge on any atom is 0.0646 e. The molecule has 0 bridgehead atoms. The second kappa shape index (κ2) is 4.17. The third-order valence-electron chi connectivity index (χ3n) is 3.48. The Hall–Kier alpha value is -0.120. The molecule has 2 atom stereocenters. The van der Waals surface area contributed by atoms with Crippen LogP contribution in [0.25, 0.3) is 0 Å². The van der Waals surface area contributed by atoms with Crippen LogP contribution in [-0.2, 0) is 4.74 Å². The van der Waals surface area contributed by atoms with Crippen LogP contribution in [0.3, 0.4) is 0 Å². The minimum atomic E-state index is 0.212. The number of hydrogen-bond donors (Lipinski definition) is 2. The van der Waals surface area contributed by atoms with E-state index in [1.54, 1.807) is 0 Å². The first kappa shape index (κ1) is 10.4. The predicted octanol–water partition coefficient (Wildman–Crippen LogP) is 0.882. The van der Waals surface area contributed by atoms with Crippen molar-refractivity contribution in [2.45, 2.75) is 44.2 Å². The van der Waals surface area contributed by atoms with Crippen molar-refractivity contribution in [1.29, 1.82) is 0 Å². The normalized spacial score (nSPS) is 34.7. The Labute approximate surface area is 86.4 Å². The fourth-order valence-electron chi connectivity index (χ4n) is 2.11. The molecule has 0 aromatic carbocycles. The van der Waals surface area contributed by atoms with Crippen LogP contribution in [0.15, 0.2) is 0 Å². The first-order valence-corrected chi connectivity index (χ1v) is 5.78. The molecule has 3 heteroatoms. The quantitative estimate of drug-likeness (QED) is 0.689. The molecule has 3 N–H and O–H groups in total. The predicted molar refractivity (Wildman–Crippen MR) is 57.2 cm³/mol. The maximum absolute atomic E-state index is 6.04. The smallest absolute Gasteiger partial charge is 0.0646 e. The summed E-state index contributed by atoms with van der Waals surface area (Å²) in [7, 11) is 0. The molecule has 2 unspecified atom stereocenters. The molecule has 2 rings (SSSR count). The van der Waals surface area contributed by atoms with Gasteiger partial charge in [-0.25, -0.2) is 0 Å². The van der Waals surface area contributed by atoms with Crippen LogP contribution < -0.4 is 11.1 Å². The maximum atomic E-state index is 6.04. The molecular weight excluding hydrogens is 176 g/mol. The highest BCUT2D eigenvalue weighted by atomic mass is 16.5. The van der Waals surface area contributed by atoms with Crippen LogP contribution in [0, 0.1) is 5.92 Å². The highest BCUT2D eigenvalue weighted by molar-refractivity contribution is 4.89. The zero-order valence-electron chi connectivity index (χ0n) is 9.09. The van der Waals surface area contributed by atoms with Crippen LogP contribution in [0.2, 0.25) is 0 Å². The lowest BCUT2D eigenvalue weighted by Crippen LogP contribution is -2.44. The molecule has 0 spiro atoms. The van der Waals surface area contributed by atoms with Crippen molar-refractivity contribution in [2.24, 2.45) is 11.7 Å². The molecule has 1 aliphatic heterocycles. The molecule has 3 nitrogen and oxygen atoms in total. The fourth-order valence-corrected chi connectivity index (χ4v) is 2.11. The summed E-state index contributed by atoms with van der Waals surface area (Å²) in [5.74, 6) is 0.824. The molecule has 14 heavy (non-hydrogen) atoms. The summed E-state index contributed by atoms with van der Waals surface area (Å²) in [6.45, 7) is 5.03. The molecule has 0 radical (unpaired) electrons. The van der Waals surface area contributed by atoms with Gasteiger partial charge in [0.05, 0.1) is 6.61 Å². The van der Waals surface area contributed by atoms with Gasteiger partial charge in [0.2, 0.25) is 0 Å².